The Bertz CT molecular complexity index is 1280. The van der Waals surface area contributed by atoms with Crippen molar-refractivity contribution in [1.82, 2.24) is 0 Å². The van der Waals surface area contributed by atoms with Crippen LogP contribution >= 0.6 is 0 Å². The minimum atomic E-state index is -5.80. The lowest BCUT2D eigenvalue weighted by atomic mass is 9.53. The molecule has 10 heteroatoms. The van der Waals surface area contributed by atoms with Crippen molar-refractivity contribution in [2.75, 3.05) is 6.26 Å². The third kappa shape index (κ3) is 4.47. The smallest absolute Gasteiger partial charge is 0.309 e. The van der Waals surface area contributed by atoms with Gasteiger partial charge in [-0.3, -0.25) is 4.79 Å². The molecule has 2 saturated carbocycles. The molecule has 1 aromatic rings. The van der Waals surface area contributed by atoms with E-state index in [0.717, 1.165) is 28.5 Å². The zero-order valence-electron chi connectivity index (χ0n) is 20.6. The van der Waals surface area contributed by atoms with Gasteiger partial charge >= 0.3 is 12.3 Å². The molecule has 1 aromatic carbocycles. The van der Waals surface area contributed by atoms with Crippen LogP contribution in [0.3, 0.4) is 0 Å². The number of carbonyl (C=O) groups is 1. The molecular weight excluding hydrogens is 515 g/mol. The first kappa shape index (κ1) is 26.5. The number of ketones is 1. The number of ether oxygens (including phenoxy) is 1. The van der Waals surface area contributed by atoms with E-state index in [2.05, 4.69) is 4.74 Å². The number of fused-ring (bicyclic) bond motifs is 4. The summed E-state index contributed by atoms with van der Waals surface area (Å²) in [5.74, 6) is -0.409. The van der Waals surface area contributed by atoms with Crippen molar-refractivity contribution in [2.45, 2.75) is 81.1 Å². The summed E-state index contributed by atoms with van der Waals surface area (Å²) in [4.78, 5) is 12.3. The fraction of sp³-hybridized carbons (Fsp3) is 0.593. The molecule has 5 rings (SSSR count). The van der Waals surface area contributed by atoms with Crippen LogP contribution in [-0.4, -0.2) is 38.8 Å². The van der Waals surface area contributed by atoms with E-state index in [1.807, 2.05) is 0 Å². The Morgan fingerprint density at radius 1 is 0.973 bits per heavy atom. The lowest BCUT2D eigenvalue weighted by Gasteiger charge is -2.52. The third-order valence-electron chi connectivity index (χ3n) is 8.98. The van der Waals surface area contributed by atoms with Gasteiger partial charge < -0.3 is 4.74 Å². The number of sulfone groups is 1. The highest BCUT2D eigenvalue weighted by Crippen LogP contribution is 2.65. The zero-order chi connectivity index (χ0) is 27.0. The molecule has 202 valence electrons. The fourth-order valence-electron chi connectivity index (χ4n) is 7.30. The van der Waals surface area contributed by atoms with Gasteiger partial charge in [-0.1, -0.05) is 24.6 Å². The predicted molar refractivity (Wildman–Crippen MR) is 126 cm³/mol. The van der Waals surface area contributed by atoms with E-state index in [9.17, 15) is 35.2 Å². The van der Waals surface area contributed by atoms with Crippen LogP contribution in [0.15, 0.2) is 52.0 Å². The minimum absolute atomic E-state index is 0.0354. The van der Waals surface area contributed by atoms with Gasteiger partial charge in [-0.25, -0.2) is 8.42 Å². The monoisotopic (exact) mass is 544 g/mol. The van der Waals surface area contributed by atoms with E-state index in [4.69, 9.17) is 0 Å². The molecule has 5 atom stereocenters. The number of hydrogen-bond donors (Lipinski definition) is 0. The highest BCUT2D eigenvalue weighted by molar-refractivity contribution is 7.90. The van der Waals surface area contributed by atoms with Crippen LogP contribution in [0.1, 0.15) is 63.4 Å². The van der Waals surface area contributed by atoms with E-state index in [1.54, 1.807) is 25.1 Å². The summed E-state index contributed by atoms with van der Waals surface area (Å²) in [5.41, 5.74) is 3.06. The Labute approximate surface area is 212 Å². The molecule has 0 saturated heterocycles. The van der Waals surface area contributed by atoms with E-state index < -0.39 is 33.6 Å². The summed E-state index contributed by atoms with van der Waals surface area (Å²) < 4.78 is 95.7. The zero-order valence-corrected chi connectivity index (χ0v) is 21.4. The van der Waals surface area contributed by atoms with Gasteiger partial charge in [0.05, 0.1) is 11.0 Å². The van der Waals surface area contributed by atoms with Crippen molar-refractivity contribution >= 4 is 15.6 Å². The van der Waals surface area contributed by atoms with Gasteiger partial charge in [0, 0.05) is 18.6 Å². The maximum Gasteiger partial charge on any atom is 0.482 e. The first-order chi connectivity index (χ1) is 17.1. The third-order valence-corrected chi connectivity index (χ3v) is 10.1. The molecule has 0 heterocycles. The molecule has 0 aliphatic heterocycles. The number of alkyl halides is 5. The first-order valence-corrected chi connectivity index (χ1v) is 14.4. The average molecular weight is 545 g/mol. The number of hydrogen-bond acceptors (Lipinski definition) is 4. The van der Waals surface area contributed by atoms with Crippen molar-refractivity contribution < 1.29 is 39.9 Å². The van der Waals surface area contributed by atoms with Crippen LogP contribution in [0, 0.1) is 17.3 Å². The second kappa shape index (κ2) is 8.73. The standard InChI is InChI=1S/C27H29F5O4S/c1-25-14-21(15-3-7-18(8-4-15)37(2,34)35)24-19-10-6-17(33)13-16(19)5-9-20(24)22(25)11-12-23(25)36-27(31,32)26(28,29)30/h3-4,7-8,13,20-23H,5-6,9-12,14H2,1-2H3. The number of rotatable bonds is 4. The molecule has 4 aliphatic carbocycles. The average Bonchev–Trinajstić information content (AvgIpc) is 3.12. The van der Waals surface area contributed by atoms with E-state index >= 15 is 0 Å². The van der Waals surface area contributed by atoms with Crippen LogP contribution in [0.4, 0.5) is 22.0 Å². The van der Waals surface area contributed by atoms with Crippen LogP contribution in [0.2, 0.25) is 0 Å². The Hall–Kier alpha value is -2.07. The Kier molecular flexibility index (Phi) is 6.26. The lowest BCUT2D eigenvalue weighted by Crippen LogP contribution is -2.50. The van der Waals surface area contributed by atoms with Crippen molar-refractivity contribution in [1.29, 1.82) is 0 Å². The molecule has 5 unspecified atom stereocenters. The number of halogens is 5. The van der Waals surface area contributed by atoms with E-state index in [1.165, 1.54) is 12.1 Å². The van der Waals surface area contributed by atoms with Gasteiger partial charge in [0.2, 0.25) is 0 Å². The largest absolute Gasteiger partial charge is 0.482 e. The SMILES string of the molecule is CC12CC(c3ccc(S(C)(=O)=O)cc3)C3=C4CCC(=O)C=C4CCC3C1CCC2OC(F)(F)C(F)(F)F. The molecule has 0 amide bonds. The van der Waals surface area contributed by atoms with Crippen molar-refractivity contribution in [2.24, 2.45) is 17.3 Å². The van der Waals surface area contributed by atoms with Crippen LogP contribution in [0.5, 0.6) is 0 Å². The van der Waals surface area contributed by atoms with Gasteiger partial charge in [-0.05, 0) is 90.7 Å². The minimum Gasteiger partial charge on any atom is -0.309 e. The quantitative estimate of drug-likeness (QED) is 0.405. The number of benzene rings is 1. The highest BCUT2D eigenvalue weighted by Gasteiger charge is 2.65. The van der Waals surface area contributed by atoms with Crippen LogP contribution in [0.25, 0.3) is 0 Å². The van der Waals surface area contributed by atoms with Crippen molar-refractivity contribution in [3.8, 4) is 0 Å². The Morgan fingerprint density at radius 3 is 2.27 bits per heavy atom. The van der Waals surface area contributed by atoms with Crippen molar-refractivity contribution in [3.05, 3.63) is 52.6 Å². The molecular formula is C27H29F5O4S. The fourth-order valence-corrected chi connectivity index (χ4v) is 7.93. The summed E-state index contributed by atoms with van der Waals surface area (Å²) in [5, 5.41) is 0. The summed E-state index contributed by atoms with van der Waals surface area (Å²) >= 11 is 0. The molecule has 0 spiro atoms. The second-order valence-corrected chi connectivity index (χ2v) is 13.1. The van der Waals surface area contributed by atoms with Gasteiger partial charge in [0.1, 0.15) is 0 Å². The number of allylic oxidation sites excluding steroid dienone is 4. The lowest BCUT2D eigenvalue weighted by molar-refractivity contribution is -0.408. The van der Waals surface area contributed by atoms with E-state index in [0.29, 0.717) is 38.5 Å². The molecule has 0 aromatic heterocycles. The highest BCUT2D eigenvalue weighted by atomic mass is 32.2. The Morgan fingerprint density at radius 2 is 1.65 bits per heavy atom. The molecule has 2 fully saturated rings. The van der Waals surface area contributed by atoms with E-state index in [-0.39, 0.29) is 34.9 Å². The van der Waals surface area contributed by atoms with Crippen LogP contribution < -0.4 is 0 Å². The predicted octanol–water partition coefficient (Wildman–Crippen LogP) is 6.53. The maximum atomic E-state index is 14.0. The molecule has 37 heavy (non-hydrogen) atoms. The van der Waals surface area contributed by atoms with Crippen molar-refractivity contribution in [3.63, 3.8) is 0 Å². The molecule has 4 aliphatic rings. The molecule has 0 bridgehead atoms. The molecule has 0 N–H and O–H groups in total. The van der Waals surface area contributed by atoms with Gasteiger partial charge in [-0.2, -0.15) is 22.0 Å². The topological polar surface area (TPSA) is 60.4 Å². The summed E-state index contributed by atoms with van der Waals surface area (Å²) in [6, 6.07) is 6.42. The second-order valence-electron chi connectivity index (χ2n) is 11.1. The normalized spacial score (nSPS) is 32.5. The summed E-state index contributed by atoms with van der Waals surface area (Å²) in [7, 11) is -3.44. The number of carbonyl (C=O) groups excluding carboxylic acids is 1. The maximum absolute atomic E-state index is 14.0. The van der Waals surface area contributed by atoms with Gasteiger partial charge in [0.25, 0.3) is 0 Å². The summed E-state index contributed by atoms with van der Waals surface area (Å²) in [6.07, 6.45) is -6.36. The first-order valence-electron chi connectivity index (χ1n) is 12.5. The van der Waals surface area contributed by atoms with Crippen LogP contribution in [-0.2, 0) is 19.4 Å². The van der Waals surface area contributed by atoms with Gasteiger partial charge in [0.15, 0.2) is 15.6 Å². The van der Waals surface area contributed by atoms with Gasteiger partial charge in [-0.15, -0.1) is 0 Å². The molecule has 4 nitrogen and oxygen atoms in total. The Balaban J connectivity index is 1.60. The molecule has 0 radical (unpaired) electrons. The summed E-state index contributed by atoms with van der Waals surface area (Å²) in [6.45, 7) is 1.76.